The van der Waals surface area contributed by atoms with Gasteiger partial charge in [0.15, 0.2) is 5.75 Å². The van der Waals surface area contributed by atoms with E-state index >= 15 is 0 Å². The number of thiophene rings is 1. The van der Waals surface area contributed by atoms with Gasteiger partial charge in [-0.15, -0.1) is 11.3 Å². The third-order valence-electron chi connectivity index (χ3n) is 1.07. The highest BCUT2D eigenvalue weighted by molar-refractivity contribution is 7.99. The molecule has 62 valence electrons. The highest BCUT2D eigenvalue weighted by Gasteiger charge is 2.06. The third kappa shape index (κ3) is 2.02. The summed E-state index contributed by atoms with van der Waals surface area (Å²) in [5.74, 6) is 0.195. The summed E-state index contributed by atoms with van der Waals surface area (Å²) in [7, 11) is 0. The molecule has 11 heavy (non-hydrogen) atoms. The maximum absolute atomic E-state index is 9.29. The lowest BCUT2D eigenvalue weighted by molar-refractivity contribution is 0.469. The summed E-state index contributed by atoms with van der Waals surface area (Å²) in [6.45, 7) is 2.86. The Kier molecular flexibility index (Phi) is 3.04. The second-order valence-electron chi connectivity index (χ2n) is 1.93. The number of nitrogens with two attached hydrogens (primary N) is 1. The van der Waals surface area contributed by atoms with E-state index in [2.05, 4.69) is 4.72 Å². The van der Waals surface area contributed by atoms with Crippen LogP contribution in [0.3, 0.4) is 0 Å². The molecule has 1 heterocycles. The van der Waals surface area contributed by atoms with Crippen molar-refractivity contribution in [2.45, 2.75) is 11.1 Å². The fraction of sp³-hybridized carbons (Fsp3) is 0.333. The SMILES string of the molecule is CCNSc1scc(N)c1O. The van der Waals surface area contributed by atoms with Crippen LogP contribution in [0.2, 0.25) is 0 Å². The first kappa shape index (κ1) is 8.70. The van der Waals surface area contributed by atoms with Gasteiger partial charge in [-0.2, -0.15) is 0 Å². The minimum atomic E-state index is 0.195. The fourth-order valence-corrected chi connectivity index (χ4v) is 2.14. The van der Waals surface area contributed by atoms with Gasteiger partial charge >= 0.3 is 0 Å². The molecule has 5 heteroatoms. The molecule has 0 spiro atoms. The van der Waals surface area contributed by atoms with Crippen molar-refractivity contribution < 1.29 is 5.11 Å². The average molecular weight is 190 g/mol. The lowest BCUT2D eigenvalue weighted by Gasteiger charge is -1.97. The van der Waals surface area contributed by atoms with Crippen LogP contribution in [0.25, 0.3) is 0 Å². The van der Waals surface area contributed by atoms with Crippen LogP contribution in [0, 0.1) is 0 Å². The third-order valence-corrected chi connectivity index (χ3v) is 3.20. The summed E-state index contributed by atoms with van der Waals surface area (Å²) in [6.07, 6.45) is 0. The van der Waals surface area contributed by atoms with Crippen LogP contribution in [0.5, 0.6) is 5.75 Å². The topological polar surface area (TPSA) is 58.3 Å². The molecule has 0 aliphatic heterocycles. The lowest BCUT2D eigenvalue weighted by atomic mass is 10.5. The number of aromatic hydroxyl groups is 1. The predicted molar refractivity (Wildman–Crippen MR) is 49.9 cm³/mol. The smallest absolute Gasteiger partial charge is 0.164 e. The molecule has 0 aromatic carbocycles. The second kappa shape index (κ2) is 3.85. The van der Waals surface area contributed by atoms with Crippen LogP contribution in [0.4, 0.5) is 5.69 Å². The second-order valence-corrected chi connectivity index (χ2v) is 3.97. The molecule has 0 bridgehead atoms. The van der Waals surface area contributed by atoms with Crippen LogP contribution in [0.15, 0.2) is 9.59 Å². The first-order valence-corrected chi connectivity index (χ1v) is 4.91. The van der Waals surface area contributed by atoms with Crippen LogP contribution in [-0.2, 0) is 0 Å². The number of rotatable bonds is 3. The molecular weight excluding hydrogens is 180 g/mol. The van der Waals surface area contributed by atoms with E-state index in [0.29, 0.717) is 5.69 Å². The Morgan fingerprint density at radius 1 is 1.82 bits per heavy atom. The normalized spacial score (nSPS) is 10.3. The van der Waals surface area contributed by atoms with Gasteiger partial charge in [-0.3, -0.25) is 4.72 Å². The molecule has 0 aliphatic carbocycles. The van der Waals surface area contributed by atoms with Crippen molar-refractivity contribution in [2.75, 3.05) is 12.3 Å². The Morgan fingerprint density at radius 2 is 2.55 bits per heavy atom. The van der Waals surface area contributed by atoms with Crippen molar-refractivity contribution in [3.05, 3.63) is 5.38 Å². The van der Waals surface area contributed by atoms with E-state index in [0.717, 1.165) is 10.8 Å². The van der Waals surface area contributed by atoms with E-state index < -0.39 is 0 Å². The Morgan fingerprint density at radius 3 is 3.00 bits per heavy atom. The molecule has 4 N–H and O–H groups in total. The monoisotopic (exact) mass is 190 g/mol. The van der Waals surface area contributed by atoms with Crippen molar-refractivity contribution in [1.82, 2.24) is 4.72 Å². The summed E-state index contributed by atoms with van der Waals surface area (Å²) in [4.78, 5) is 0. The lowest BCUT2D eigenvalue weighted by Crippen LogP contribution is -1.98. The summed E-state index contributed by atoms with van der Waals surface area (Å²) in [6, 6.07) is 0. The minimum Gasteiger partial charge on any atom is -0.504 e. The Labute approximate surface area is 73.7 Å². The quantitative estimate of drug-likeness (QED) is 0.634. The molecule has 0 atom stereocenters. The Hall–Kier alpha value is -0.390. The first-order valence-electron chi connectivity index (χ1n) is 3.21. The molecule has 0 unspecified atom stereocenters. The van der Waals surface area contributed by atoms with Gasteiger partial charge in [0, 0.05) is 11.9 Å². The van der Waals surface area contributed by atoms with Crippen molar-refractivity contribution >= 4 is 29.0 Å². The Balaban J connectivity index is 2.63. The molecule has 1 aromatic rings. The van der Waals surface area contributed by atoms with Crippen molar-refractivity contribution in [2.24, 2.45) is 0 Å². The van der Waals surface area contributed by atoms with Crippen LogP contribution in [0.1, 0.15) is 6.92 Å². The maximum Gasteiger partial charge on any atom is 0.164 e. The van der Waals surface area contributed by atoms with E-state index in [1.54, 1.807) is 5.38 Å². The van der Waals surface area contributed by atoms with Crippen molar-refractivity contribution in [3.63, 3.8) is 0 Å². The van der Waals surface area contributed by atoms with Crippen LogP contribution >= 0.6 is 23.3 Å². The summed E-state index contributed by atoms with van der Waals surface area (Å²) >= 11 is 2.85. The summed E-state index contributed by atoms with van der Waals surface area (Å²) < 4.78 is 3.85. The van der Waals surface area contributed by atoms with Gasteiger partial charge in [-0.25, -0.2) is 0 Å². The van der Waals surface area contributed by atoms with Gasteiger partial charge in [-0.05, 0) is 11.9 Å². The number of anilines is 1. The summed E-state index contributed by atoms with van der Waals surface area (Å²) in [5.41, 5.74) is 5.89. The molecule has 3 nitrogen and oxygen atoms in total. The molecule has 0 fully saturated rings. The van der Waals surface area contributed by atoms with Gasteiger partial charge in [0.2, 0.25) is 0 Å². The molecule has 0 saturated carbocycles. The molecule has 0 saturated heterocycles. The van der Waals surface area contributed by atoms with Crippen LogP contribution < -0.4 is 10.5 Å². The van der Waals surface area contributed by atoms with Gasteiger partial charge < -0.3 is 10.8 Å². The molecule has 0 aliphatic rings. The number of hydrogen-bond donors (Lipinski definition) is 3. The zero-order valence-corrected chi connectivity index (χ0v) is 7.76. The Bertz CT molecular complexity index is 236. The molecule has 0 amide bonds. The number of hydrogen-bond acceptors (Lipinski definition) is 5. The highest BCUT2D eigenvalue weighted by Crippen LogP contribution is 2.37. The fourth-order valence-electron chi connectivity index (χ4n) is 0.557. The largest absolute Gasteiger partial charge is 0.504 e. The van der Waals surface area contributed by atoms with Crippen molar-refractivity contribution in [3.8, 4) is 5.75 Å². The molecule has 1 rings (SSSR count). The molecule has 1 aromatic heterocycles. The summed E-state index contributed by atoms with van der Waals surface area (Å²) in [5, 5.41) is 11.0. The highest BCUT2D eigenvalue weighted by atomic mass is 32.2. The maximum atomic E-state index is 9.29. The van der Waals surface area contributed by atoms with Gasteiger partial charge in [0.25, 0.3) is 0 Å². The van der Waals surface area contributed by atoms with E-state index in [1.165, 1.54) is 23.3 Å². The first-order chi connectivity index (χ1) is 5.25. The van der Waals surface area contributed by atoms with Gasteiger partial charge in [0.1, 0.15) is 4.21 Å². The van der Waals surface area contributed by atoms with E-state index in [9.17, 15) is 5.11 Å². The molecular formula is C6H10N2OS2. The van der Waals surface area contributed by atoms with Gasteiger partial charge in [0.05, 0.1) is 5.69 Å². The zero-order chi connectivity index (χ0) is 8.27. The number of nitrogens with one attached hydrogen (secondary N) is 1. The minimum absolute atomic E-state index is 0.195. The van der Waals surface area contributed by atoms with Crippen molar-refractivity contribution in [1.29, 1.82) is 0 Å². The zero-order valence-electron chi connectivity index (χ0n) is 6.13. The van der Waals surface area contributed by atoms with Crippen LogP contribution in [-0.4, -0.2) is 11.7 Å². The van der Waals surface area contributed by atoms with Gasteiger partial charge in [-0.1, -0.05) is 6.92 Å². The number of nitrogen functional groups attached to an aromatic ring is 1. The average Bonchev–Trinajstić information content (AvgIpc) is 2.31. The van der Waals surface area contributed by atoms with E-state index in [1.807, 2.05) is 6.92 Å². The standard InChI is InChI=1S/C6H10N2OS2/c1-2-8-11-6-5(9)4(7)3-10-6/h3,8-9H,2,7H2,1H3. The predicted octanol–water partition coefficient (Wildman–Crippen LogP) is 1.65. The van der Waals surface area contributed by atoms with E-state index in [4.69, 9.17) is 5.73 Å². The van der Waals surface area contributed by atoms with E-state index in [-0.39, 0.29) is 5.75 Å². The molecule has 0 radical (unpaired) electrons.